The Kier molecular flexibility index (Phi) is 8.58. The molecule has 0 fully saturated rings. The number of nitrogens with zero attached hydrogens (tertiary/aromatic N) is 1. The van der Waals surface area contributed by atoms with Crippen molar-refractivity contribution in [2.24, 2.45) is 5.41 Å². The Hall–Kier alpha value is -0.950. The van der Waals surface area contributed by atoms with Crippen LogP contribution in [0.3, 0.4) is 0 Å². The molecule has 0 aromatic rings. The van der Waals surface area contributed by atoms with E-state index in [1.165, 1.54) is 0 Å². The van der Waals surface area contributed by atoms with Crippen molar-refractivity contribution in [3.05, 3.63) is 11.6 Å². The average molecular weight is 275 g/mol. The number of aliphatic hydroxyl groups is 3. The zero-order chi connectivity index (χ0) is 14.9. The van der Waals surface area contributed by atoms with E-state index in [1.54, 1.807) is 13.0 Å². The highest BCUT2D eigenvalue weighted by atomic mass is 16.5. The van der Waals surface area contributed by atoms with E-state index in [0.29, 0.717) is 5.57 Å². The Morgan fingerprint density at radius 2 is 1.74 bits per heavy atom. The summed E-state index contributed by atoms with van der Waals surface area (Å²) in [6.45, 7) is 0.924. The Balaban J connectivity index is 4.29. The summed E-state index contributed by atoms with van der Waals surface area (Å²) < 4.78 is 5.00. The molecule has 0 spiro atoms. The second-order valence-corrected chi connectivity index (χ2v) is 5.03. The monoisotopic (exact) mass is 275 g/mol. The molecule has 6 nitrogen and oxygen atoms in total. The van der Waals surface area contributed by atoms with Gasteiger partial charge in [0.25, 0.3) is 0 Å². The lowest BCUT2D eigenvalue weighted by Crippen LogP contribution is -2.39. The van der Waals surface area contributed by atoms with Crippen LogP contribution < -0.4 is 0 Å². The van der Waals surface area contributed by atoms with Crippen LogP contribution >= 0.6 is 0 Å². The van der Waals surface area contributed by atoms with E-state index in [1.807, 2.05) is 19.0 Å². The lowest BCUT2D eigenvalue weighted by molar-refractivity contribution is -0.146. The number of esters is 1. The molecule has 0 saturated heterocycles. The van der Waals surface area contributed by atoms with Gasteiger partial charge < -0.3 is 25.0 Å². The fourth-order valence-corrected chi connectivity index (χ4v) is 1.24. The summed E-state index contributed by atoms with van der Waals surface area (Å²) in [6.07, 6.45) is 2.51. The maximum atomic E-state index is 11.7. The molecule has 0 unspecified atom stereocenters. The van der Waals surface area contributed by atoms with Crippen molar-refractivity contribution < 1.29 is 24.9 Å². The van der Waals surface area contributed by atoms with E-state index in [0.717, 1.165) is 13.0 Å². The third-order valence-corrected chi connectivity index (χ3v) is 2.86. The molecule has 0 aliphatic carbocycles. The van der Waals surface area contributed by atoms with Crippen molar-refractivity contribution in [3.8, 4) is 0 Å². The second-order valence-electron chi connectivity index (χ2n) is 5.03. The van der Waals surface area contributed by atoms with Crippen molar-refractivity contribution in [3.63, 3.8) is 0 Å². The van der Waals surface area contributed by atoms with Crippen LogP contribution in [0.2, 0.25) is 0 Å². The van der Waals surface area contributed by atoms with Crippen LogP contribution in [0.5, 0.6) is 0 Å². The largest absolute Gasteiger partial charge is 0.461 e. The van der Waals surface area contributed by atoms with Crippen LogP contribution in [-0.4, -0.2) is 73.3 Å². The van der Waals surface area contributed by atoms with Crippen LogP contribution in [0.1, 0.15) is 13.3 Å². The average Bonchev–Trinajstić information content (AvgIpc) is 2.40. The molecule has 19 heavy (non-hydrogen) atoms. The minimum Gasteiger partial charge on any atom is -0.461 e. The molecule has 0 aromatic carbocycles. The normalized spacial score (nSPS) is 12.9. The van der Waals surface area contributed by atoms with Gasteiger partial charge in [-0.05, 0) is 27.4 Å². The Bertz CT molecular complexity index is 289. The zero-order valence-electron chi connectivity index (χ0n) is 11.9. The molecule has 0 amide bonds. The Morgan fingerprint density at radius 1 is 1.21 bits per heavy atom. The number of carbonyl (C=O) groups is 1. The molecule has 0 aliphatic heterocycles. The van der Waals surface area contributed by atoms with Crippen LogP contribution in [0.15, 0.2) is 11.6 Å². The summed E-state index contributed by atoms with van der Waals surface area (Å²) in [6, 6.07) is 0. The van der Waals surface area contributed by atoms with Crippen LogP contribution in [0.25, 0.3) is 0 Å². The fraction of sp³-hybridized carbons (Fsp3) is 0.769. The van der Waals surface area contributed by atoms with Gasteiger partial charge in [-0.2, -0.15) is 0 Å². The molecule has 0 rings (SSSR count). The SMILES string of the molecule is CC(=CCCN(C)C)C(=O)OCC(CO)(CO)CO. The summed E-state index contributed by atoms with van der Waals surface area (Å²) in [5.74, 6) is -0.501. The first-order valence-corrected chi connectivity index (χ1v) is 6.22. The van der Waals surface area contributed by atoms with Gasteiger partial charge in [0.2, 0.25) is 0 Å². The van der Waals surface area contributed by atoms with Crippen LogP contribution in [0.4, 0.5) is 0 Å². The molecule has 0 heterocycles. The van der Waals surface area contributed by atoms with Gasteiger partial charge in [0.05, 0.1) is 25.2 Å². The topological polar surface area (TPSA) is 90.2 Å². The highest BCUT2D eigenvalue weighted by Gasteiger charge is 2.30. The van der Waals surface area contributed by atoms with Gasteiger partial charge >= 0.3 is 5.97 Å². The molecular formula is C13H25NO5. The summed E-state index contributed by atoms with van der Waals surface area (Å²) in [5.41, 5.74) is -0.705. The third-order valence-electron chi connectivity index (χ3n) is 2.86. The molecule has 6 heteroatoms. The van der Waals surface area contributed by atoms with Gasteiger partial charge in [-0.25, -0.2) is 4.79 Å². The van der Waals surface area contributed by atoms with Crippen molar-refractivity contribution in [2.75, 3.05) is 47.1 Å². The van der Waals surface area contributed by atoms with Crippen molar-refractivity contribution >= 4 is 5.97 Å². The molecule has 0 aromatic heterocycles. The van der Waals surface area contributed by atoms with Gasteiger partial charge in [-0.3, -0.25) is 0 Å². The Labute approximate surface area is 114 Å². The number of aliphatic hydroxyl groups excluding tert-OH is 3. The third kappa shape index (κ3) is 6.68. The molecule has 0 saturated carbocycles. The number of rotatable bonds is 9. The van der Waals surface area contributed by atoms with Crippen LogP contribution in [0, 0.1) is 5.41 Å². The number of hydrogen-bond donors (Lipinski definition) is 3. The molecule has 0 aliphatic rings. The standard InChI is InChI=1S/C13H25NO5/c1-11(5-4-6-14(2)3)12(18)19-10-13(7-15,8-16)9-17/h5,15-17H,4,6-10H2,1-3H3. The number of carbonyl (C=O) groups excluding carboxylic acids is 1. The summed E-state index contributed by atoms with van der Waals surface area (Å²) in [7, 11) is 3.89. The lowest BCUT2D eigenvalue weighted by Gasteiger charge is -2.26. The van der Waals surface area contributed by atoms with E-state index in [2.05, 4.69) is 0 Å². The highest BCUT2D eigenvalue weighted by Crippen LogP contribution is 2.16. The van der Waals surface area contributed by atoms with Crippen molar-refractivity contribution in [1.82, 2.24) is 4.90 Å². The van der Waals surface area contributed by atoms with E-state index >= 15 is 0 Å². The predicted octanol–water partition coefficient (Wildman–Crippen LogP) is -0.609. The predicted molar refractivity (Wildman–Crippen MR) is 71.6 cm³/mol. The summed E-state index contributed by atoms with van der Waals surface area (Å²) in [4.78, 5) is 13.7. The van der Waals surface area contributed by atoms with E-state index in [4.69, 9.17) is 20.1 Å². The van der Waals surface area contributed by atoms with Crippen LogP contribution in [-0.2, 0) is 9.53 Å². The van der Waals surface area contributed by atoms with Gasteiger partial charge in [-0.15, -0.1) is 0 Å². The highest BCUT2D eigenvalue weighted by molar-refractivity contribution is 5.87. The van der Waals surface area contributed by atoms with Crippen molar-refractivity contribution in [1.29, 1.82) is 0 Å². The fourth-order valence-electron chi connectivity index (χ4n) is 1.24. The van der Waals surface area contributed by atoms with E-state index in [-0.39, 0.29) is 6.61 Å². The molecule has 0 bridgehead atoms. The molecular weight excluding hydrogens is 250 g/mol. The van der Waals surface area contributed by atoms with Gasteiger partial charge in [0, 0.05) is 12.1 Å². The smallest absolute Gasteiger partial charge is 0.333 e. The second kappa shape index (κ2) is 9.03. The van der Waals surface area contributed by atoms with Gasteiger partial charge in [0.1, 0.15) is 6.61 Å². The minimum absolute atomic E-state index is 0.214. The van der Waals surface area contributed by atoms with Gasteiger partial charge in [0.15, 0.2) is 0 Å². The number of hydrogen-bond acceptors (Lipinski definition) is 6. The van der Waals surface area contributed by atoms with Crippen molar-refractivity contribution in [2.45, 2.75) is 13.3 Å². The summed E-state index contributed by atoms with van der Waals surface area (Å²) >= 11 is 0. The maximum absolute atomic E-state index is 11.7. The Morgan fingerprint density at radius 3 is 2.16 bits per heavy atom. The zero-order valence-corrected chi connectivity index (χ0v) is 11.9. The molecule has 0 radical (unpaired) electrons. The number of ether oxygens (including phenoxy) is 1. The summed E-state index contributed by atoms with van der Waals surface area (Å²) in [5, 5.41) is 27.3. The quantitative estimate of drug-likeness (QED) is 0.384. The van der Waals surface area contributed by atoms with E-state index < -0.39 is 31.2 Å². The first-order chi connectivity index (χ1) is 8.90. The first kappa shape index (κ1) is 18.0. The maximum Gasteiger partial charge on any atom is 0.333 e. The molecule has 112 valence electrons. The van der Waals surface area contributed by atoms with E-state index in [9.17, 15) is 4.79 Å². The lowest BCUT2D eigenvalue weighted by atomic mass is 9.93. The molecule has 3 N–H and O–H groups in total. The first-order valence-electron chi connectivity index (χ1n) is 6.22. The van der Waals surface area contributed by atoms with Gasteiger partial charge in [-0.1, -0.05) is 6.08 Å². The minimum atomic E-state index is -1.18. The molecule has 0 atom stereocenters.